The molecule has 2 aromatic rings. The number of carbonyl (C=O) groups is 3. The fourth-order valence-electron chi connectivity index (χ4n) is 3.50. The first-order chi connectivity index (χ1) is 14.4. The molecule has 3 rings (SSSR count). The van der Waals surface area contributed by atoms with Gasteiger partial charge >= 0.3 is 11.9 Å². The monoisotopic (exact) mass is 412 g/mol. The van der Waals surface area contributed by atoms with E-state index in [1.807, 2.05) is 42.5 Å². The number of rotatable bonds is 5. The maximum absolute atomic E-state index is 12.4. The van der Waals surface area contributed by atoms with Crippen LogP contribution in [0, 0.1) is 5.92 Å². The Hall–Kier alpha value is -3.19. The maximum Gasteiger partial charge on any atom is 0.414 e. The SMILES string of the molecule is CC1CCCCC1NCC(=O)Nc1ccccc1-c1ccccc1.O=C(O)C(=O)O. The van der Waals surface area contributed by atoms with Gasteiger partial charge in [0.2, 0.25) is 5.91 Å². The molecule has 7 nitrogen and oxygen atoms in total. The van der Waals surface area contributed by atoms with E-state index in [1.165, 1.54) is 25.7 Å². The van der Waals surface area contributed by atoms with E-state index in [2.05, 4.69) is 29.7 Å². The molecule has 1 aliphatic carbocycles. The van der Waals surface area contributed by atoms with Gasteiger partial charge in [-0.25, -0.2) is 9.59 Å². The predicted molar refractivity (Wildman–Crippen MR) is 115 cm³/mol. The number of carboxylic acid groups (broad SMARTS) is 2. The van der Waals surface area contributed by atoms with Gasteiger partial charge in [0.1, 0.15) is 0 Å². The lowest BCUT2D eigenvalue weighted by Gasteiger charge is -2.29. The van der Waals surface area contributed by atoms with Crippen LogP contribution in [0.2, 0.25) is 0 Å². The van der Waals surface area contributed by atoms with Crippen molar-refractivity contribution in [2.24, 2.45) is 5.92 Å². The Bertz CT molecular complexity index is 842. The third kappa shape index (κ3) is 7.33. The zero-order chi connectivity index (χ0) is 21.9. The highest BCUT2D eigenvalue weighted by molar-refractivity contribution is 6.27. The minimum Gasteiger partial charge on any atom is -0.473 e. The van der Waals surface area contributed by atoms with Crippen molar-refractivity contribution in [1.29, 1.82) is 0 Å². The van der Waals surface area contributed by atoms with E-state index in [1.54, 1.807) is 0 Å². The molecule has 4 N–H and O–H groups in total. The van der Waals surface area contributed by atoms with Crippen molar-refractivity contribution in [2.75, 3.05) is 11.9 Å². The minimum absolute atomic E-state index is 0.0242. The molecule has 160 valence electrons. The standard InChI is InChI=1S/C21H26N2O.C2H2O4/c1-16-9-5-7-13-19(16)22-15-21(24)23-20-14-8-6-12-18(20)17-10-3-2-4-11-17;3-1(4)2(5)6/h2-4,6,8,10-12,14,16,19,22H,5,7,9,13,15H2,1H3,(H,23,24);(H,3,4)(H,5,6). The van der Waals surface area contributed by atoms with Crippen molar-refractivity contribution < 1.29 is 24.6 Å². The van der Waals surface area contributed by atoms with Crippen LogP contribution in [0.25, 0.3) is 11.1 Å². The Morgan fingerprint density at radius 3 is 2.13 bits per heavy atom. The lowest BCUT2D eigenvalue weighted by Crippen LogP contribution is -2.41. The number of carboxylic acids is 2. The zero-order valence-corrected chi connectivity index (χ0v) is 17.0. The van der Waals surface area contributed by atoms with Crippen molar-refractivity contribution in [2.45, 2.75) is 38.6 Å². The molecule has 2 atom stereocenters. The van der Waals surface area contributed by atoms with Crippen LogP contribution < -0.4 is 10.6 Å². The molecule has 0 aliphatic heterocycles. The predicted octanol–water partition coefficient (Wildman–Crippen LogP) is 3.62. The van der Waals surface area contributed by atoms with E-state index in [9.17, 15) is 4.79 Å². The molecule has 0 radical (unpaired) electrons. The van der Waals surface area contributed by atoms with E-state index in [0.717, 1.165) is 16.8 Å². The van der Waals surface area contributed by atoms with Gasteiger partial charge in [-0.1, -0.05) is 68.3 Å². The summed E-state index contributed by atoms with van der Waals surface area (Å²) < 4.78 is 0. The third-order valence-corrected chi connectivity index (χ3v) is 5.11. The Labute approximate surface area is 176 Å². The van der Waals surface area contributed by atoms with Gasteiger partial charge in [0.05, 0.1) is 6.54 Å². The number of anilines is 1. The number of nitrogens with one attached hydrogen (secondary N) is 2. The minimum atomic E-state index is -1.82. The van der Waals surface area contributed by atoms with Gasteiger partial charge in [0.15, 0.2) is 0 Å². The summed E-state index contributed by atoms with van der Waals surface area (Å²) in [6, 6.07) is 18.6. The summed E-state index contributed by atoms with van der Waals surface area (Å²) in [4.78, 5) is 30.6. The normalized spacial score (nSPS) is 17.9. The Morgan fingerprint density at radius 1 is 0.900 bits per heavy atom. The van der Waals surface area contributed by atoms with Crippen molar-refractivity contribution in [3.63, 3.8) is 0 Å². The summed E-state index contributed by atoms with van der Waals surface area (Å²) in [7, 11) is 0. The first-order valence-electron chi connectivity index (χ1n) is 10.0. The highest BCUT2D eigenvalue weighted by Crippen LogP contribution is 2.27. The molecule has 1 aliphatic rings. The van der Waals surface area contributed by atoms with Gasteiger partial charge in [-0.05, 0) is 30.4 Å². The lowest BCUT2D eigenvalue weighted by atomic mass is 9.86. The largest absolute Gasteiger partial charge is 0.473 e. The summed E-state index contributed by atoms with van der Waals surface area (Å²) in [5.74, 6) is -2.97. The van der Waals surface area contributed by atoms with Crippen LogP contribution in [0.15, 0.2) is 54.6 Å². The van der Waals surface area contributed by atoms with E-state index < -0.39 is 11.9 Å². The molecule has 2 aromatic carbocycles. The van der Waals surface area contributed by atoms with Crippen molar-refractivity contribution in [3.05, 3.63) is 54.6 Å². The van der Waals surface area contributed by atoms with Gasteiger partial charge in [-0.2, -0.15) is 0 Å². The number of carbonyl (C=O) groups excluding carboxylic acids is 1. The molecular weight excluding hydrogens is 384 g/mol. The smallest absolute Gasteiger partial charge is 0.414 e. The van der Waals surface area contributed by atoms with Crippen LogP contribution in [0.3, 0.4) is 0 Å². The summed E-state index contributed by atoms with van der Waals surface area (Å²) in [5, 5.41) is 21.3. The Morgan fingerprint density at radius 2 is 1.50 bits per heavy atom. The number of amides is 1. The molecule has 0 saturated heterocycles. The molecule has 1 saturated carbocycles. The van der Waals surface area contributed by atoms with Crippen LogP contribution in [0.5, 0.6) is 0 Å². The molecule has 0 spiro atoms. The average Bonchev–Trinajstić information content (AvgIpc) is 2.74. The van der Waals surface area contributed by atoms with Gasteiger partial charge in [-0.15, -0.1) is 0 Å². The summed E-state index contributed by atoms with van der Waals surface area (Å²) in [5.41, 5.74) is 3.03. The maximum atomic E-state index is 12.4. The highest BCUT2D eigenvalue weighted by Gasteiger charge is 2.21. The van der Waals surface area contributed by atoms with Crippen molar-refractivity contribution in [3.8, 4) is 11.1 Å². The third-order valence-electron chi connectivity index (χ3n) is 5.11. The zero-order valence-electron chi connectivity index (χ0n) is 17.0. The molecule has 0 aromatic heterocycles. The second kappa shape index (κ2) is 11.7. The highest BCUT2D eigenvalue weighted by atomic mass is 16.4. The van der Waals surface area contributed by atoms with Gasteiger partial charge in [0.25, 0.3) is 0 Å². The van der Waals surface area contributed by atoms with Gasteiger partial charge < -0.3 is 20.8 Å². The quantitative estimate of drug-likeness (QED) is 0.558. The number of hydrogen-bond acceptors (Lipinski definition) is 4. The molecular formula is C23H28N2O5. The first kappa shape index (κ1) is 23.1. The van der Waals surface area contributed by atoms with E-state index in [4.69, 9.17) is 19.8 Å². The summed E-state index contributed by atoms with van der Waals surface area (Å²) in [6.07, 6.45) is 5.02. The Balaban J connectivity index is 0.000000469. The Kier molecular flexibility index (Phi) is 9.03. The topological polar surface area (TPSA) is 116 Å². The van der Waals surface area contributed by atoms with E-state index >= 15 is 0 Å². The van der Waals surface area contributed by atoms with Gasteiger partial charge in [0, 0.05) is 17.3 Å². The molecule has 2 unspecified atom stereocenters. The second-order valence-corrected chi connectivity index (χ2v) is 7.32. The molecule has 1 fully saturated rings. The van der Waals surface area contributed by atoms with E-state index in [-0.39, 0.29) is 5.91 Å². The second-order valence-electron chi connectivity index (χ2n) is 7.32. The first-order valence-corrected chi connectivity index (χ1v) is 10.0. The number of aliphatic carboxylic acids is 2. The van der Waals surface area contributed by atoms with Crippen LogP contribution in [-0.4, -0.2) is 40.6 Å². The number of hydrogen-bond donors (Lipinski definition) is 4. The average molecular weight is 412 g/mol. The van der Waals surface area contributed by atoms with Crippen LogP contribution >= 0.6 is 0 Å². The fourth-order valence-corrected chi connectivity index (χ4v) is 3.50. The van der Waals surface area contributed by atoms with Crippen LogP contribution in [-0.2, 0) is 14.4 Å². The van der Waals surface area contributed by atoms with Crippen LogP contribution in [0.1, 0.15) is 32.6 Å². The fraction of sp³-hybridized carbons (Fsp3) is 0.348. The van der Waals surface area contributed by atoms with Gasteiger partial charge in [-0.3, -0.25) is 4.79 Å². The molecule has 0 heterocycles. The number of benzene rings is 2. The van der Waals surface area contributed by atoms with E-state index in [0.29, 0.717) is 18.5 Å². The lowest BCUT2D eigenvalue weighted by molar-refractivity contribution is -0.159. The summed E-state index contributed by atoms with van der Waals surface area (Å²) in [6.45, 7) is 2.65. The van der Waals surface area contributed by atoms with Crippen LogP contribution in [0.4, 0.5) is 5.69 Å². The number of para-hydroxylation sites is 1. The molecule has 0 bridgehead atoms. The van der Waals surface area contributed by atoms with Crippen molar-refractivity contribution in [1.82, 2.24) is 5.32 Å². The molecule has 1 amide bonds. The molecule has 30 heavy (non-hydrogen) atoms. The van der Waals surface area contributed by atoms with Crippen molar-refractivity contribution >= 4 is 23.5 Å². The summed E-state index contributed by atoms with van der Waals surface area (Å²) >= 11 is 0. The molecule has 7 heteroatoms.